The van der Waals surface area contributed by atoms with Gasteiger partial charge in [-0.25, -0.2) is 4.39 Å². The van der Waals surface area contributed by atoms with Crippen LogP contribution in [0.2, 0.25) is 0 Å². The van der Waals surface area contributed by atoms with Crippen LogP contribution in [-0.2, 0) is 17.6 Å². The second-order valence-electron chi connectivity index (χ2n) is 11.0. The summed E-state index contributed by atoms with van der Waals surface area (Å²) >= 11 is 1.67. The van der Waals surface area contributed by atoms with E-state index < -0.39 is 37.1 Å². The number of aliphatic hydroxyl groups excluding tert-OH is 4. The molecule has 0 aliphatic carbocycles. The maximum absolute atomic E-state index is 13.4. The van der Waals surface area contributed by atoms with Gasteiger partial charge in [-0.3, -0.25) is 0 Å². The molecule has 1 aromatic heterocycles. The molecule has 6 atom stereocenters. The maximum Gasteiger partial charge on any atom is 0.123 e. The lowest BCUT2D eigenvalue weighted by Crippen LogP contribution is -2.55. The van der Waals surface area contributed by atoms with Gasteiger partial charge in [0.05, 0.1) is 6.61 Å². The summed E-state index contributed by atoms with van der Waals surface area (Å²) in [7, 11) is 0. The summed E-state index contributed by atoms with van der Waals surface area (Å²) < 4.78 is 19.2. The van der Waals surface area contributed by atoms with Crippen molar-refractivity contribution in [2.45, 2.75) is 77.0 Å². The van der Waals surface area contributed by atoms with Gasteiger partial charge in [0.15, 0.2) is 0 Å². The zero-order valence-electron chi connectivity index (χ0n) is 22.3. The van der Waals surface area contributed by atoms with Crippen molar-refractivity contribution in [2.75, 3.05) is 6.61 Å². The summed E-state index contributed by atoms with van der Waals surface area (Å²) in [5.41, 5.74) is 4.01. The van der Waals surface area contributed by atoms with Gasteiger partial charge in [0.2, 0.25) is 0 Å². The lowest BCUT2D eigenvalue weighted by molar-refractivity contribution is -0.231. The molecule has 0 amide bonds. The Labute approximate surface area is 228 Å². The van der Waals surface area contributed by atoms with Crippen LogP contribution in [0.25, 0.3) is 10.4 Å². The summed E-state index contributed by atoms with van der Waals surface area (Å²) in [6.07, 6.45) is -2.02. The molecule has 4 rings (SSSR count). The molecule has 1 aliphatic rings. The third-order valence-corrected chi connectivity index (χ3v) is 8.55. The number of rotatable bonds is 10. The first-order valence-electron chi connectivity index (χ1n) is 13.4. The number of ether oxygens (including phenoxy) is 1. The molecule has 0 radical (unpaired) electrons. The van der Waals surface area contributed by atoms with E-state index in [0.29, 0.717) is 23.8 Å². The number of hydrogen-bond acceptors (Lipinski definition) is 6. The van der Waals surface area contributed by atoms with Crippen LogP contribution in [0.5, 0.6) is 0 Å². The number of hydrogen-bond donors (Lipinski definition) is 4. The second kappa shape index (κ2) is 12.8. The average Bonchev–Trinajstić information content (AvgIpc) is 3.36. The quantitative estimate of drug-likeness (QED) is 0.280. The van der Waals surface area contributed by atoms with Crippen LogP contribution in [0.4, 0.5) is 4.39 Å². The Hall–Kier alpha value is -2.13. The molecule has 1 aliphatic heterocycles. The number of aliphatic hydroxyl groups is 4. The van der Waals surface area contributed by atoms with Crippen molar-refractivity contribution in [1.82, 2.24) is 0 Å². The van der Waals surface area contributed by atoms with Gasteiger partial charge in [0.1, 0.15) is 36.3 Å². The summed E-state index contributed by atoms with van der Waals surface area (Å²) in [5, 5.41) is 40.9. The third kappa shape index (κ3) is 6.89. The predicted octanol–water partition coefficient (Wildman–Crippen LogP) is 5.27. The molecule has 0 bridgehead atoms. The van der Waals surface area contributed by atoms with Gasteiger partial charge in [-0.1, -0.05) is 63.9 Å². The van der Waals surface area contributed by atoms with Crippen LogP contribution in [0.15, 0.2) is 54.6 Å². The third-order valence-electron chi connectivity index (χ3n) is 7.41. The molecule has 5 nitrogen and oxygen atoms in total. The van der Waals surface area contributed by atoms with E-state index in [9.17, 15) is 24.8 Å². The molecule has 206 valence electrons. The molecule has 1 fully saturated rings. The molecule has 1 saturated heterocycles. The highest BCUT2D eigenvalue weighted by atomic mass is 32.1. The Kier molecular flexibility index (Phi) is 9.74. The van der Waals surface area contributed by atoms with Crippen molar-refractivity contribution < 1.29 is 29.6 Å². The minimum Gasteiger partial charge on any atom is -0.394 e. The normalized spacial score (nSPS) is 24.6. The predicted molar refractivity (Wildman–Crippen MR) is 149 cm³/mol. The van der Waals surface area contributed by atoms with Gasteiger partial charge in [0.25, 0.3) is 0 Å². The van der Waals surface area contributed by atoms with Crippen molar-refractivity contribution >= 4 is 11.3 Å². The highest BCUT2D eigenvalue weighted by Gasteiger charge is 2.44. The van der Waals surface area contributed by atoms with E-state index in [4.69, 9.17) is 4.74 Å². The van der Waals surface area contributed by atoms with E-state index in [1.165, 1.54) is 24.1 Å². The van der Waals surface area contributed by atoms with Gasteiger partial charge in [-0.15, -0.1) is 11.3 Å². The number of benzene rings is 2. The maximum atomic E-state index is 13.4. The van der Waals surface area contributed by atoms with Gasteiger partial charge in [-0.2, -0.15) is 0 Å². The summed E-state index contributed by atoms with van der Waals surface area (Å²) in [6, 6.07) is 16.7. The SMILES string of the molecule is CC(C)CCC(C)Cc1ccc(C2OC(CO)C(O)C(O)C2O)cc1Cc1ccc(-c2ccc(F)cc2)s1. The Balaban J connectivity index is 1.62. The molecule has 6 unspecified atom stereocenters. The fourth-order valence-electron chi connectivity index (χ4n) is 5.09. The summed E-state index contributed by atoms with van der Waals surface area (Å²) in [6.45, 7) is 6.29. The van der Waals surface area contributed by atoms with Crippen molar-refractivity contribution in [2.24, 2.45) is 11.8 Å². The van der Waals surface area contributed by atoms with E-state index in [1.54, 1.807) is 23.5 Å². The number of halogens is 1. The fourth-order valence-corrected chi connectivity index (χ4v) is 6.13. The Bertz CT molecular complexity index is 1180. The standard InChI is InChI=1S/C31H39FO5S/c1-18(2)4-5-19(3)14-21-6-7-22(31-30(36)29(35)28(34)26(17-33)37-31)15-23(21)16-25-12-13-27(38-25)20-8-10-24(32)11-9-20/h6-13,15,18-19,26,28-31,33-36H,4-5,14,16-17H2,1-3H3. The van der Waals surface area contributed by atoms with Gasteiger partial charge in [-0.05, 0) is 64.8 Å². The van der Waals surface area contributed by atoms with Gasteiger partial charge < -0.3 is 25.2 Å². The van der Waals surface area contributed by atoms with Crippen LogP contribution in [0.1, 0.15) is 61.3 Å². The molecule has 2 heterocycles. The van der Waals surface area contributed by atoms with Crippen molar-refractivity contribution in [1.29, 1.82) is 0 Å². The Morgan fingerprint density at radius 1 is 0.868 bits per heavy atom. The average molecular weight is 543 g/mol. The molecule has 2 aromatic carbocycles. The molecule has 3 aromatic rings. The number of thiophene rings is 1. The Morgan fingerprint density at radius 3 is 2.29 bits per heavy atom. The van der Waals surface area contributed by atoms with Crippen LogP contribution in [0, 0.1) is 17.7 Å². The lowest BCUT2D eigenvalue weighted by Gasteiger charge is -2.40. The van der Waals surface area contributed by atoms with Crippen molar-refractivity contribution in [3.05, 3.63) is 82.0 Å². The second-order valence-corrected chi connectivity index (χ2v) is 12.2. The molecular weight excluding hydrogens is 503 g/mol. The highest BCUT2D eigenvalue weighted by Crippen LogP contribution is 2.35. The van der Waals surface area contributed by atoms with Crippen LogP contribution >= 0.6 is 11.3 Å². The van der Waals surface area contributed by atoms with E-state index in [2.05, 4.69) is 39.0 Å². The first kappa shape index (κ1) is 28.9. The molecule has 4 N–H and O–H groups in total. The fraction of sp³-hybridized carbons (Fsp3) is 0.484. The van der Waals surface area contributed by atoms with Crippen molar-refractivity contribution in [3.63, 3.8) is 0 Å². The lowest BCUT2D eigenvalue weighted by atomic mass is 9.86. The molecule has 38 heavy (non-hydrogen) atoms. The molecule has 0 saturated carbocycles. The molecule has 7 heteroatoms. The highest BCUT2D eigenvalue weighted by molar-refractivity contribution is 7.15. The smallest absolute Gasteiger partial charge is 0.123 e. The topological polar surface area (TPSA) is 90.2 Å². The largest absolute Gasteiger partial charge is 0.394 e. The zero-order chi connectivity index (χ0) is 27.4. The van der Waals surface area contributed by atoms with Crippen LogP contribution < -0.4 is 0 Å². The monoisotopic (exact) mass is 542 g/mol. The van der Waals surface area contributed by atoms with Crippen LogP contribution in [0.3, 0.4) is 0 Å². The van der Waals surface area contributed by atoms with E-state index in [-0.39, 0.29) is 5.82 Å². The van der Waals surface area contributed by atoms with Crippen molar-refractivity contribution in [3.8, 4) is 10.4 Å². The first-order chi connectivity index (χ1) is 18.2. The van der Waals surface area contributed by atoms with Gasteiger partial charge in [0, 0.05) is 16.2 Å². The minimum absolute atomic E-state index is 0.258. The Morgan fingerprint density at radius 2 is 1.61 bits per heavy atom. The summed E-state index contributed by atoms with van der Waals surface area (Å²) in [5.74, 6) is 0.903. The zero-order valence-corrected chi connectivity index (χ0v) is 23.1. The van der Waals surface area contributed by atoms with Crippen LogP contribution in [-0.4, -0.2) is 51.4 Å². The molecular formula is C31H39FO5S. The van der Waals surface area contributed by atoms with E-state index in [0.717, 1.165) is 33.7 Å². The molecule has 0 spiro atoms. The first-order valence-corrected chi connectivity index (χ1v) is 14.2. The minimum atomic E-state index is -1.42. The van der Waals surface area contributed by atoms with E-state index >= 15 is 0 Å². The van der Waals surface area contributed by atoms with E-state index in [1.807, 2.05) is 12.1 Å². The summed E-state index contributed by atoms with van der Waals surface area (Å²) in [4.78, 5) is 2.23. The van der Waals surface area contributed by atoms with Gasteiger partial charge >= 0.3 is 0 Å².